The summed E-state index contributed by atoms with van der Waals surface area (Å²) in [5.41, 5.74) is 0.571. The Morgan fingerprint density at radius 3 is 2.63 bits per heavy atom. The van der Waals surface area contributed by atoms with E-state index in [9.17, 15) is 4.79 Å². The molecule has 0 bridgehead atoms. The van der Waals surface area contributed by atoms with Gasteiger partial charge in [0.15, 0.2) is 0 Å². The number of carbonyl (C=O) groups is 1. The molecule has 1 aromatic carbocycles. The largest absolute Gasteiger partial charge is 0.396 e. The fourth-order valence-corrected chi connectivity index (χ4v) is 2.41. The molecule has 2 N–H and O–H groups in total. The summed E-state index contributed by atoms with van der Waals surface area (Å²) in [4.78, 5) is 12.6. The lowest BCUT2D eigenvalue weighted by Crippen LogP contribution is -2.32. The summed E-state index contributed by atoms with van der Waals surface area (Å²) in [5.74, 6) is 0.335. The van der Waals surface area contributed by atoms with Crippen molar-refractivity contribution < 1.29 is 9.90 Å². The highest BCUT2D eigenvalue weighted by Crippen LogP contribution is 2.44. The number of carbonyl (C=O) groups excluding carboxylic acids is 1. The van der Waals surface area contributed by atoms with Crippen molar-refractivity contribution in [2.75, 3.05) is 18.9 Å². The molecule has 4 nitrogen and oxygen atoms in total. The zero-order valence-electron chi connectivity index (χ0n) is 10.6. The average molecular weight is 276 g/mol. The molecule has 0 unspecified atom stereocenters. The minimum absolute atomic E-state index is 0.0194. The third kappa shape index (κ3) is 3.98. The standard InChI is InChI=1S/C14H16N2O2S/c15-7-11-1-3-12(4-2-11)19-8-13(18)16-9-14(10-17)5-6-14/h1-4,17H,5-6,8-10H2,(H,16,18). The van der Waals surface area contributed by atoms with Crippen molar-refractivity contribution in [3.63, 3.8) is 0 Å². The first-order valence-corrected chi connectivity index (χ1v) is 7.17. The molecule has 1 saturated carbocycles. The van der Waals surface area contributed by atoms with Gasteiger partial charge in [-0.25, -0.2) is 0 Å². The van der Waals surface area contributed by atoms with E-state index in [1.165, 1.54) is 11.8 Å². The fraction of sp³-hybridized carbons (Fsp3) is 0.429. The molecule has 1 aliphatic carbocycles. The van der Waals surface area contributed by atoms with Gasteiger partial charge in [-0.05, 0) is 37.1 Å². The maximum atomic E-state index is 11.7. The molecule has 2 rings (SSSR count). The van der Waals surface area contributed by atoms with E-state index in [4.69, 9.17) is 10.4 Å². The molecule has 1 fully saturated rings. The Labute approximate surface area is 116 Å². The van der Waals surface area contributed by atoms with Crippen LogP contribution in [-0.4, -0.2) is 29.9 Å². The molecule has 19 heavy (non-hydrogen) atoms. The van der Waals surface area contributed by atoms with Crippen LogP contribution in [0.25, 0.3) is 0 Å². The lowest BCUT2D eigenvalue weighted by molar-refractivity contribution is -0.118. The van der Waals surface area contributed by atoms with Crippen molar-refractivity contribution in [1.82, 2.24) is 5.32 Å². The molecule has 0 aliphatic heterocycles. The van der Waals surface area contributed by atoms with Crippen molar-refractivity contribution in [1.29, 1.82) is 5.26 Å². The van der Waals surface area contributed by atoms with Crippen LogP contribution in [0.5, 0.6) is 0 Å². The summed E-state index contributed by atoms with van der Waals surface area (Å²) in [6.45, 7) is 0.715. The van der Waals surface area contributed by atoms with Crippen LogP contribution in [0, 0.1) is 16.7 Å². The first-order chi connectivity index (χ1) is 9.17. The number of nitrogens with one attached hydrogen (secondary N) is 1. The molecule has 0 saturated heterocycles. The van der Waals surface area contributed by atoms with Gasteiger partial charge in [0.1, 0.15) is 0 Å². The van der Waals surface area contributed by atoms with E-state index >= 15 is 0 Å². The van der Waals surface area contributed by atoms with E-state index in [0.29, 0.717) is 17.9 Å². The summed E-state index contributed by atoms with van der Waals surface area (Å²) in [7, 11) is 0. The molecule has 1 amide bonds. The Morgan fingerprint density at radius 1 is 1.42 bits per heavy atom. The van der Waals surface area contributed by atoms with Crippen LogP contribution < -0.4 is 5.32 Å². The summed E-state index contributed by atoms with van der Waals surface area (Å²) < 4.78 is 0. The minimum Gasteiger partial charge on any atom is -0.396 e. The quantitative estimate of drug-likeness (QED) is 0.773. The van der Waals surface area contributed by atoms with Crippen molar-refractivity contribution >= 4 is 17.7 Å². The number of hydrogen-bond donors (Lipinski definition) is 2. The van der Waals surface area contributed by atoms with Gasteiger partial charge in [-0.3, -0.25) is 4.79 Å². The Morgan fingerprint density at radius 2 is 2.11 bits per heavy atom. The monoisotopic (exact) mass is 276 g/mol. The van der Waals surface area contributed by atoms with E-state index in [1.54, 1.807) is 12.1 Å². The molecule has 100 valence electrons. The number of aliphatic hydroxyl groups excluding tert-OH is 1. The van der Waals surface area contributed by atoms with Gasteiger partial charge in [0.05, 0.1) is 24.0 Å². The van der Waals surface area contributed by atoms with Crippen LogP contribution in [-0.2, 0) is 4.79 Å². The van der Waals surface area contributed by atoms with Crippen LogP contribution in [0.4, 0.5) is 0 Å². The molecule has 0 heterocycles. The maximum Gasteiger partial charge on any atom is 0.230 e. The first kappa shape index (κ1) is 13.9. The summed E-state index contributed by atoms with van der Waals surface area (Å²) in [5, 5.41) is 20.7. The van der Waals surface area contributed by atoms with E-state index in [0.717, 1.165) is 17.7 Å². The Bertz CT molecular complexity index is 489. The fourth-order valence-electron chi connectivity index (χ4n) is 1.68. The van der Waals surface area contributed by atoms with Crippen molar-refractivity contribution in [2.45, 2.75) is 17.7 Å². The second-order valence-corrected chi connectivity index (χ2v) is 5.91. The van der Waals surface area contributed by atoms with Crippen LogP contribution in [0.3, 0.4) is 0 Å². The molecule has 1 aromatic rings. The maximum absolute atomic E-state index is 11.7. The van der Waals surface area contributed by atoms with E-state index in [-0.39, 0.29) is 17.9 Å². The van der Waals surface area contributed by atoms with Gasteiger partial charge in [-0.15, -0.1) is 11.8 Å². The predicted molar refractivity (Wildman–Crippen MR) is 73.6 cm³/mol. The zero-order valence-corrected chi connectivity index (χ0v) is 11.4. The lowest BCUT2D eigenvalue weighted by atomic mass is 10.1. The summed E-state index contributed by atoms with van der Waals surface area (Å²) in [6, 6.07) is 9.22. The van der Waals surface area contributed by atoms with Gasteiger partial charge in [0.2, 0.25) is 5.91 Å². The highest BCUT2D eigenvalue weighted by molar-refractivity contribution is 8.00. The molecule has 1 aliphatic rings. The molecule has 0 spiro atoms. The van der Waals surface area contributed by atoms with Crippen LogP contribution >= 0.6 is 11.8 Å². The van der Waals surface area contributed by atoms with Gasteiger partial charge < -0.3 is 10.4 Å². The van der Waals surface area contributed by atoms with Crippen molar-refractivity contribution in [3.8, 4) is 6.07 Å². The summed E-state index contributed by atoms with van der Waals surface area (Å²) >= 11 is 1.44. The molecular weight excluding hydrogens is 260 g/mol. The number of amides is 1. The van der Waals surface area contributed by atoms with E-state index in [1.807, 2.05) is 12.1 Å². The number of hydrogen-bond acceptors (Lipinski definition) is 4. The molecular formula is C14H16N2O2S. The smallest absolute Gasteiger partial charge is 0.230 e. The number of nitriles is 1. The summed E-state index contributed by atoms with van der Waals surface area (Å²) in [6.07, 6.45) is 1.99. The van der Waals surface area contributed by atoms with Gasteiger partial charge in [-0.2, -0.15) is 5.26 Å². The SMILES string of the molecule is N#Cc1ccc(SCC(=O)NCC2(CO)CC2)cc1. The Kier molecular flexibility index (Phi) is 4.46. The first-order valence-electron chi connectivity index (χ1n) is 6.18. The Balaban J connectivity index is 1.72. The molecule has 5 heteroatoms. The lowest BCUT2D eigenvalue weighted by Gasteiger charge is -2.12. The number of aliphatic hydroxyl groups is 1. The number of rotatable bonds is 6. The van der Waals surface area contributed by atoms with Gasteiger partial charge >= 0.3 is 0 Å². The van der Waals surface area contributed by atoms with Crippen molar-refractivity contribution in [2.24, 2.45) is 5.41 Å². The number of thioether (sulfide) groups is 1. The molecule has 0 aromatic heterocycles. The second-order valence-electron chi connectivity index (χ2n) is 4.86. The molecule has 0 radical (unpaired) electrons. The third-order valence-corrected chi connectivity index (χ3v) is 4.32. The Hall–Kier alpha value is -1.51. The molecule has 0 atom stereocenters. The average Bonchev–Trinajstić information content (AvgIpc) is 3.24. The van der Waals surface area contributed by atoms with E-state index in [2.05, 4.69) is 11.4 Å². The van der Waals surface area contributed by atoms with Crippen LogP contribution in [0.15, 0.2) is 29.2 Å². The highest BCUT2D eigenvalue weighted by Gasteiger charge is 2.41. The topological polar surface area (TPSA) is 73.1 Å². The third-order valence-electron chi connectivity index (χ3n) is 3.31. The number of benzene rings is 1. The predicted octanol–water partition coefficient (Wildman–Crippen LogP) is 1.54. The highest BCUT2D eigenvalue weighted by atomic mass is 32.2. The number of nitrogens with zero attached hydrogens (tertiary/aromatic N) is 1. The second kappa shape index (κ2) is 6.09. The normalized spacial score (nSPS) is 15.6. The minimum atomic E-state index is -0.0469. The van der Waals surface area contributed by atoms with Gasteiger partial charge in [0, 0.05) is 16.9 Å². The van der Waals surface area contributed by atoms with Crippen LogP contribution in [0.2, 0.25) is 0 Å². The van der Waals surface area contributed by atoms with Gasteiger partial charge in [-0.1, -0.05) is 0 Å². The van der Waals surface area contributed by atoms with Gasteiger partial charge in [0.25, 0.3) is 0 Å². The zero-order chi connectivity index (χ0) is 13.7. The van der Waals surface area contributed by atoms with Crippen LogP contribution in [0.1, 0.15) is 18.4 Å². The van der Waals surface area contributed by atoms with E-state index < -0.39 is 0 Å². The van der Waals surface area contributed by atoms with Crippen molar-refractivity contribution in [3.05, 3.63) is 29.8 Å².